The third kappa shape index (κ3) is 4.52. The molecule has 94 valence electrons. The van der Waals surface area contributed by atoms with Crippen molar-refractivity contribution in [2.24, 2.45) is 5.92 Å². The predicted octanol–water partition coefficient (Wildman–Crippen LogP) is 2.02. The van der Waals surface area contributed by atoms with Gasteiger partial charge in [-0.2, -0.15) is 0 Å². The molecule has 2 unspecified atom stereocenters. The van der Waals surface area contributed by atoms with Crippen LogP contribution in [-0.4, -0.2) is 36.5 Å². The summed E-state index contributed by atoms with van der Waals surface area (Å²) >= 11 is 0. The first kappa shape index (κ1) is 13.5. The molecule has 1 fully saturated rings. The first-order chi connectivity index (χ1) is 7.65. The van der Waals surface area contributed by atoms with E-state index in [1.54, 1.807) is 6.92 Å². The maximum absolute atomic E-state index is 11.1. The van der Waals surface area contributed by atoms with Crippen molar-refractivity contribution in [3.05, 3.63) is 0 Å². The summed E-state index contributed by atoms with van der Waals surface area (Å²) in [6.45, 7) is 9.50. The highest BCUT2D eigenvalue weighted by atomic mass is 16.1. The Morgan fingerprint density at radius 3 is 2.62 bits per heavy atom. The second kappa shape index (κ2) is 6.89. The maximum atomic E-state index is 11.1. The fourth-order valence-electron chi connectivity index (χ4n) is 2.81. The topological polar surface area (TPSA) is 32.3 Å². The minimum atomic E-state index is 0.110. The fourth-order valence-corrected chi connectivity index (χ4v) is 2.81. The number of hydrogen-bond donors (Lipinski definition) is 1. The van der Waals surface area contributed by atoms with Crippen molar-refractivity contribution in [2.75, 3.05) is 19.6 Å². The molecule has 0 aromatic heterocycles. The van der Waals surface area contributed by atoms with Crippen molar-refractivity contribution < 1.29 is 4.79 Å². The van der Waals surface area contributed by atoms with Gasteiger partial charge in [0.05, 0.1) is 0 Å². The van der Waals surface area contributed by atoms with Crippen molar-refractivity contribution in [1.29, 1.82) is 0 Å². The summed E-state index contributed by atoms with van der Waals surface area (Å²) in [5.74, 6) is 0.876. The summed E-state index contributed by atoms with van der Waals surface area (Å²) in [5, 5.41) is 3.08. The predicted molar refractivity (Wildman–Crippen MR) is 67.4 cm³/mol. The van der Waals surface area contributed by atoms with Crippen molar-refractivity contribution >= 4 is 5.91 Å². The second-order valence-corrected chi connectivity index (χ2v) is 5.05. The van der Waals surface area contributed by atoms with Gasteiger partial charge in [0.15, 0.2) is 0 Å². The molecule has 0 spiro atoms. The number of hydrogen-bond acceptors (Lipinski definition) is 2. The number of nitrogens with one attached hydrogen (secondary N) is 1. The van der Waals surface area contributed by atoms with Crippen molar-refractivity contribution in [1.82, 2.24) is 10.2 Å². The van der Waals surface area contributed by atoms with E-state index in [-0.39, 0.29) is 5.91 Å². The van der Waals surface area contributed by atoms with Gasteiger partial charge < -0.3 is 10.2 Å². The van der Waals surface area contributed by atoms with Crippen LogP contribution in [0.5, 0.6) is 0 Å². The van der Waals surface area contributed by atoms with Gasteiger partial charge >= 0.3 is 0 Å². The molecule has 1 heterocycles. The summed E-state index contributed by atoms with van der Waals surface area (Å²) in [4.78, 5) is 13.6. The molecule has 1 aliphatic rings. The van der Waals surface area contributed by atoms with E-state index in [9.17, 15) is 4.79 Å². The SMILES string of the molecule is CCCC1CC(NC(C)=O)CN(CCC)C1. The monoisotopic (exact) mass is 226 g/mol. The van der Waals surface area contributed by atoms with Crippen molar-refractivity contribution in [2.45, 2.75) is 52.5 Å². The molecule has 1 rings (SSSR count). The van der Waals surface area contributed by atoms with Gasteiger partial charge in [0, 0.05) is 26.1 Å². The summed E-state index contributed by atoms with van der Waals surface area (Å²) in [6.07, 6.45) is 4.90. The highest BCUT2D eigenvalue weighted by Gasteiger charge is 2.26. The van der Waals surface area contributed by atoms with Crippen LogP contribution >= 0.6 is 0 Å². The second-order valence-electron chi connectivity index (χ2n) is 5.05. The summed E-state index contributed by atoms with van der Waals surface area (Å²) < 4.78 is 0. The van der Waals surface area contributed by atoms with Crippen molar-refractivity contribution in [3.63, 3.8) is 0 Å². The van der Waals surface area contributed by atoms with E-state index in [4.69, 9.17) is 0 Å². The van der Waals surface area contributed by atoms with Gasteiger partial charge in [-0.15, -0.1) is 0 Å². The molecule has 0 radical (unpaired) electrons. The summed E-state index contributed by atoms with van der Waals surface area (Å²) in [7, 11) is 0. The van der Waals surface area contributed by atoms with Gasteiger partial charge in [-0.25, -0.2) is 0 Å². The molecule has 0 saturated carbocycles. The van der Waals surface area contributed by atoms with E-state index >= 15 is 0 Å². The van der Waals surface area contributed by atoms with Crippen LogP contribution in [0.4, 0.5) is 0 Å². The third-order valence-electron chi connectivity index (χ3n) is 3.26. The Kier molecular flexibility index (Phi) is 5.81. The quantitative estimate of drug-likeness (QED) is 0.778. The number of nitrogens with zero attached hydrogens (tertiary/aromatic N) is 1. The Morgan fingerprint density at radius 2 is 2.06 bits per heavy atom. The van der Waals surface area contributed by atoms with Crippen LogP contribution in [0.2, 0.25) is 0 Å². The zero-order chi connectivity index (χ0) is 12.0. The molecule has 1 aliphatic heterocycles. The van der Waals surface area contributed by atoms with Crippen molar-refractivity contribution in [3.8, 4) is 0 Å². The number of piperidine rings is 1. The highest BCUT2D eigenvalue weighted by Crippen LogP contribution is 2.21. The van der Waals surface area contributed by atoms with E-state index in [0.717, 1.165) is 25.4 Å². The molecule has 1 N–H and O–H groups in total. The Hall–Kier alpha value is -0.570. The lowest BCUT2D eigenvalue weighted by atomic mass is 9.90. The fraction of sp³-hybridized carbons (Fsp3) is 0.923. The van der Waals surface area contributed by atoms with Gasteiger partial charge in [-0.05, 0) is 31.7 Å². The van der Waals surface area contributed by atoms with Crippen LogP contribution in [0.25, 0.3) is 0 Å². The average molecular weight is 226 g/mol. The van der Waals surface area contributed by atoms with Gasteiger partial charge in [0.25, 0.3) is 0 Å². The molecule has 1 saturated heterocycles. The summed E-state index contributed by atoms with van der Waals surface area (Å²) in [6, 6.07) is 0.370. The lowest BCUT2D eigenvalue weighted by Crippen LogP contribution is -2.50. The Morgan fingerprint density at radius 1 is 1.31 bits per heavy atom. The number of amides is 1. The largest absolute Gasteiger partial charge is 0.352 e. The minimum absolute atomic E-state index is 0.110. The zero-order valence-corrected chi connectivity index (χ0v) is 11.0. The van der Waals surface area contributed by atoms with E-state index in [1.807, 2.05) is 0 Å². The Labute approximate surface area is 99.6 Å². The van der Waals surface area contributed by atoms with Crippen LogP contribution in [0.1, 0.15) is 46.5 Å². The molecule has 16 heavy (non-hydrogen) atoms. The van der Waals surface area contributed by atoms with E-state index in [1.165, 1.54) is 25.8 Å². The molecule has 2 atom stereocenters. The van der Waals surface area contributed by atoms with Gasteiger partial charge in [-0.3, -0.25) is 4.79 Å². The van der Waals surface area contributed by atoms with Crippen LogP contribution in [0.15, 0.2) is 0 Å². The van der Waals surface area contributed by atoms with Gasteiger partial charge in [0.2, 0.25) is 5.91 Å². The maximum Gasteiger partial charge on any atom is 0.217 e. The third-order valence-corrected chi connectivity index (χ3v) is 3.26. The molecule has 0 aliphatic carbocycles. The molecule has 3 heteroatoms. The number of rotatable bonds is 5. The number of likely N-dealkylation sites (tertiary alicyclic amines) is 1. The molecular formula is C13H26N2O. The normalized spacial score (nSPS) is 26.7. The smallest absolute Gasteiger partial charge is 0.217 e. The zero-order valence-electron chi connectivity index (χ0n) is 11.0. The number of carbonyl (C=O) groups is 1. The first-order valence-corrected chi connectivity index (χ1v) is 6.65. The van der Waals surface area contributed by atoms with E-state index in [0.29, 0.717) is 6.04 Å². The Balaban J connectivity index is 2.48. The van der Waals surface area contributed by atoms with Crippen LogP contribution < -0.4 is 5.32 Å². The van der Waals surface area contributed by atoms with Crippen LogP contribution in [-0.2, 0) is 4.79 Å². The lowest BCUT2D eigenvalue weighted by Gasteiger charge is -2.38. The van der Waals surface area contributed by atoms with E-state index in [2.05, 4.69) is 24.1 Å². The standard InChI is InChI=1S/C13H26N2O/c1-4-6-12-8-13(14-11(3)16)10-15(9-12)7-5-2/h12-13H,4-10H2,1-3H3,(H,14,16). The van der Waals surface area contributed by atoms with Gasteiger partial charge in [0.1, 0.15) is 0 Å². The summed E-state index contributed by atoms with van der Waals surface area (Å²) in [5.41, 5.74) is 0. The first-order valence-electron chi connectivity index (χ1n) is 6.65. The van der Waals surface area contributed by atoms with Crippen LogP contribution in [0, 0.1) is 5.92 Å². The van der Waals surface area contributed by atoms with E-state index < -0.39 is 0 Å². The Bertz CT molecular complexity index is 204. The average Bonchev–Trinajstić information content (AvgIpc) is 2.17. The van der Waals surface area contributed by atoms with Crippen LogP contribution in [0.3, 0.4) is 0 Å². The minimum Gasteiger partial charge on any atom is -0.352 e. The molecule has 0 bridgehead atoms. The number of carbonyl (C=O) groups excluding carboxylic acids is 1. The van der Waals surface area contributed by atoms with Gasteiger partial charge in [-0.1, -0.05) is 20.3 Å². The highest BCUT2D eigenvalue weighted by molar-refractivity contribution is 5.73. The molecule has 3 nitrogen and oxygen atoms in total. The molecule has 1 amide bonds. The molecular weight excluding hydrogens is 200 g/mol. The molecule has 0 aromatic rings. The lowest BCUT2D eigenvalue weighted by molar-refractivity contribution is -0.120. The molecule has 0 aromatic carbocycles.